The van der Waals surface area contributed by atoms with Crippen LogP contribution in [0.5, 0.6) is 0 Å². The third-order valence-electron chi connectivity index (χ3n) is 15.3. The van der Waals surface area contributed by atoms with Gasteiger partial charge in [0.25, 0.3) is 0 Å². The lowest BCUT2D eigenvalue weighted by Gasteiger charge is -2.36. The van der Waals surface area contributed by atoms with Gasteiger partial charge in [0, 0.05) is 0 Å². The minimum absolute atomic E-state index is 0.190. The summed E-state index contributed by atoms with van der Waals surface area (Å²) in [7, 11) is -12.6. The zero-order valence-corrected chi connectivity index (χ0v) is 58.2. The van der Waals surface area contributed by atoms with Gasteiger partial charge in [-0.25, -0.2) is 26.4 Å². The van der Waals surface area contributed by atoms with Gasteiger partial charge >= 0.3 is 46.2 Å². The number of alkyl halides is 4. The lowest BCUT2D eigenvalue weighted by atomic mass is 9.82. The fraction of sp³-hybridized carbons (Fsp3) is 0.333. The normalized spacial score (nSPS) is 13.7. The molecule has 7 aromatic carbocycles. The zero-order valence-electron chi connectivity index (χ0n) is 54.9. The third kappa shape index (κ3) is 24.0. The number of halogens is 4. The smallest absolute Gasteiger partial charge is 0.410 e. The minimum Gasteiger partial charge on any atom is -0.743 e. The molecule has 526 valence electrons. The van der Waals surface area contributed by atoms with Gasteiger partial charge < -0.3 is 38.7 Å². The van der Waals surface area contributed by atoms with E-state index in [2.05, 4.69) is 126 Å². The van der Waals surface area contributed by atoms with Crippen LogP contribution < -0.4 is 10.6 Å². The van der Waals surface area contributed by atoms with Gasteiger partial charge in [0.2, 0.25) is 0 Å². The summed E-state index contributed by atoms with van der Waals surface area (Å²) in [4.78, 5) is 76.7. The van der Waals surface area contributed by atoms with Crippen LogP contribution in [-0.2, 0) is 80.2 Å². The molecule has 0 spiro atoms. The number of hydrogen-bond donors (Lipinski definition) is 2. The summed E-state index contributed by atoms with van der Waals surface area (Å²) in [6, 6.07) is 67.6. The van der Waals surface area contributed by atoms with Crippen molar-refractivity contribution in [2.75, 3.05) is 26.3 Å². The van der Waals surface area contributed by atoms with Gasteiger partial charge in [0.05, 0.1) is 57.8 Å². The van der Waals surface area contributed by atoms with Crippen LogP contribution in [0.2, 0.25) is 0 Å². The SMILES string of the molecule is CC(OC(=O)c1ccc([S+](c2ccccc2)c2ccccc2)cc1)c1ccccc1.CCC(C)C(=O)OCCNC(=O)C(F)(F)S(=O)(=O)[O-].CCC(C)C(=O)OCCNC(=O)C(F)(F)S(=O)(=O)[O-].CCC1(OC(=O)c2ccc([S+](c3ccccc3)c3ccccc3)cc2)CCCCC1. The zero-order chi connectivity index (χ0) is 72.1. The van der Waals surface area contributed by atoms with Crippen LogP contribution in [0.25, 0.3) is 0 Å². The van der Waals surface area contributed by atoms with Crippen molar-refractivity contribution < 1.29 is 91.2 Å². The number of carbonyl (C=O) groups excluding carboxylic acids is 6. The van der Waals surface area contributed by atoms with Crippen LogP contribution in [0.15, 0.2) is 230 Å². The second-order valence-corrected chi connectivity index (χ2v) is 29.2. The van der Waals surface area contributed by atoms with Crippen LogP contribution in [0.3, 0.4) is 0 Å². The van der Waals surface area contributed by atoms with Crippen molar-refractivity contribution in [1.82, 2.24) is 10.6 Å². The monoisotopic (exact) mass is 1430 g/mol. The Hall–Kier alpha value is -8.40. The van der Waals surface area contributed by atoms with Crippen molar-refractivity contribution in [2.24, 2.45) is 11.8 Å². The molecule has 3 atom stereocenters. The van der Waals surface area contributed by atoms with Crippen LogP contribution in [0.1, 0.15) is 125 Å². The number of carbonyl (C=O) groups is 6. The third-order valence-corrected chi connectivity index (χ3v) is 21.4. The number of rotatable bonds is 26. The second kappa shape index (κ2) is 38.7. The summed E-state index contributed by atoms with van der Waals surface area (Å²) in [5.41, 5.74) is 1.91. The van der Waals surface area contributed by atoms with Crippen molar-refractivity contribution in [2.45, 2.75) is 144 Å². The van der Waals surface area contributed by atoms with E-state index in [9.17, 15) is 72.3 Å². The summed E-state index contributed by atoms with van der Waals surface area (Å²) in [6.07, 6.45) is 7.17. The number of hydrogen-bond acceptors (Lipinski definition) is 16. The van der Waals surface area contributed by atoms with E-state index in [4.69, 9.17) is 9.47 Å². The Balaban J connectivity index is 0.000000242. The van der Waals surface area contributed by atoms with E-state index in [0.717, 1.165) is 37.7 Å². The molecule has 0 heterocycles. The molecule has 1 saturated carbocycles. The number of amides is 2. The average molecular weight is 1430 g/mol. The average Bonchev–Trinajstić information content (AvgIpc) is 0.826. The molecule has 1 aliphatic carbocycles. The van der Waals surface area contributed by atoms with Crippen LogP contribution in [0, 0.1) is 11.8 Å². The summed E-state index contributed by atoms with van der Waals surface area (Å²) in [6.45, 7) is 8.86. The molecule has 0 bridgehead atoms. The number of ether oxygens (including phenoxy) is 4. The maximum atomic E-state index is 12.9. The lowest BCUT2D eigenvalue weighted by Crippen LogP contribution is -2.46. The van der Waals surface area contributed by atoms with E-state index in [1.807, 2.05) is 97.9 Å². The van der Waals surface area contributed by atoms with Gasteiger partial charge in [-0.1, -0.05) is 144 Å². The van der Waals surface area contributed by atoms with Gasteiger partial charge in [0.15, 0.2) is 49.6 Å². The van der Waals surface area contributed by atoms with Gasteiger partial charge in [-0.05, 0) is 154 Å². The first kappa shape index (κ1) is 80.3. The van der Waals surface area contributed by atoms with E-state index in [1.165, 1.54) is 46.4 Å². The Morgan fingerprint density at radius 2 is 0.776 bits per heavy atom. The van der Waals surface area contributed by atoms with Gasteiger partial charge in [-0.3, -0.25) is 19.2 Å². The Bertz CT molecular complexity index is 3720. The predicted molar refractivity (Wildman–Crippen MR) is 361 cm³/mol. The molecule has 1 fully saturated rings. The van der Waals surface area contributed by atoms with E-state index in [0.29, 0.717) is 24.0 Å². The summed E-state index contributed by atoms with van der Waals surface area (Å²) in [5, 5.41) is -7.10. The van der Waals surface area contributed by atoms with E-state index >= 15 is 0 Å². The Kier molecular flexibility index (Phi) is 31.7. The van der Waals surface area contributed by atoms with Gasteiger partial charge in [0.1, 0.15) is 24.9 Å². The Morgan fingerprint density at radius 1 is 0.469 bits per heavy atom. The van der Waals surface area contributed by atoms with E-state index in [1.54, 1.807) is 27.7 Å². The minimum atomic E-state index is -6.08. The largest absolute Gasteiger partial charge is 0.743 e. The highest BCUT2D eigenvalue weighted by Crippen LogP contribution is 2.37. The van der Waals surface area contributed by atoms with Crippen molar-refractivity contribution in [3.8, 4) is 0 Å². The molecule has 7 aromatic rings. The topological polar surface area (TPSA) is 278 Å². The highest BCUT2D eigenvalue weighted by atomic mass is 32.2. The van der Waals surface area contributed by atoms with Crippen molar-refractivity contribution >= 4 is 77.7 Å². The molecule has 26 heteroatoms. The maximum Gasteiger partial charge on any atom is 0.410 e. The molecular formula is C72H80F4N2O16S4. The molecule has 1 aliphatic rings. The molecule has 2 amide bonds. The van der Waals surface area contributed by atoms with Crippen molar-refractivity contribution in [1.29, 1.82) is 0 Å². The van der Waals surface area contributed by atoms with E-state index in [-0.39, 0.29) is 57.3 Å². The summed E-state index contributed by atoms with van der Waals surface area (Å²) < 4.78 is 132. The molecule has 18 nitrogen and oxygen atoms in total. The predicted octanol–water partition coefficient (Wildman–Crippen LogP) is 13.4. The van der Waals surface area contributed by atoms with Crippen LogP contribution in [-0.4, -0.2) is 104 Å². The number of esters is 4. The molecule has 0 saturated heterocycles. The van der Waals surface area contributed by atoms with Crippen LogP contribution in [0.4, 0.5) is 17.6 Å². The quantitative estimate of drug-likeness (QED) is 0.0127. The molecule has 3 unspecified atom stereocenters. The molecule has 98 heavy (non-hydrogen) atoms. The maximum absolute atomic E-state index is 12.9. The lowest BCUT2D eigenvalue weighted by molar-refractivity contribution is -0.149. The first-order valence-corrected chi connectivity index (χ1v) is 36.7. The van der Waals surface area contributed by atoms with Gasteiger partial charge in [-0.15, -0.1) is 0 Å². The van der Waals surface area contributed by atoms with Gasteiger partial charge in [-0.2, -0.15) is 17.6 Å². The Labute approximate surface area is 575 Å². The summed E-state index contributed by atoms with van der Waals surface area (Å²) in [5.74, 6) is -6.88. The first-order valence-electron chi connectivity index (χ1n) is 31.4. The summed E-state index contributed by atoms with van der Waals surface area (Å²) >= 11 is 0. The molecule has 0 radical (unpaired) electrons. The Morgan fingerprint density at radius 3 is 1.08 bits per heavy atom. The highest BCUT2D eigenvalue weighted by molar-refractivity contribution is 7.97. The van der Waals surface area contributed by atoms with Crippen LogP contribution >= 0.6 is 0 Å². The van der Waals surface area contributed by atoms with Crippen molar-refractivity contribution in [3.63, 3.8) is 0 Å². The number of nitrogens with one attached hydrogen (secondary N) is 2. The fourth-order valence-corrected chi connectivity index (χ4v) is 13.9. The molecule has 2 N–H and O–H groups in total. The highest BCUT2D eigenvalue weighted by Gasteiger charge is 2.47. The molecule has 0 aromatic heterocycles. The molecular weight excluding hydrogens is 1350 g/mol. The number of benzene rings is 7. The molecule has 8 rings (SSSR count). The van der Waals surface area contributed by atoms with E-state index < -0.39 is 80.8 Å². The fourth-order valence-electron chi connectivity index (χ4n) is 9.18. The van der Waals surface area contributed by atoms with Crippen molar-refractivity contribution in [3.05, 3.63) is 217 Å². The second-order valence-electron chi connectivity index (χ2n) is 22.3. The standard InChI is InChI=1S/C27H23O2S.C27H29O2S.2C9H15F2NO6S/c1-21(22-11-5-2-6-12-22)29-27(28)23-17-19-26(20-18-23)30(24-13-7-3-8-14-24)25-15-9-4-10-16-25;1-2-27(20-10-5-11-21-27)29-26(28)22-16-18-25(19-17-22)30(23-12-6-3-7-13-23)24-14-8-4-9-15-24;2*1-3-6(2)7(13)18-5-4-12-8(14)9(10,11)19(15,16)17/h2-21H,1H3;3-4,6-9,12-19H,2,5,10-11,20-21H2,1H3;2*6H,3-5H2,1-2H3,(H,12,14)(H,15,16,17)/q2*+1;;/p-2. The molecule has 0 aliphatic heterocycles. The first-order chi connectivity index (χ1) is 46.5.